The van der Waals surface area contributed by atoms with Gasteiger partial charge in [0.1, 0.15) is 0 Å². The van der Waals surface area contributed by atoms with Crippen LogP contribution in [-0.2, 0) is 5.41 Å². The van der Waals surface area contributed by atoms with E-state index in [-0.39, 0.29) is 11.5 Å². The molecule has 0 aliphatic heterocycles. The van der Waals surface area contributed by atoms with Crippen LogP contribution in [0.3, 0.4) is 0 Å². The second-order valence-electron chi connectivity index (χ2n) is 6.72. The lowest BCUT2D eigenvalue weighted by Crippen LogP contribution is -2.42. The quantitative estimate of drug-likeness (QED) is 0.847. The summed E-state index contributed by atoms with van der Waals surface area (Å²) in [6, 6.07) is 9.48. The summed E-state index contributed by atoms with van der Waals surface area (Å²) in [5.74, 6) is 0.799. The topological polar surface area (TPSA) is 26.0 Å². The summed E-state index contributed by atoms with van der Waals surface area (Å²) in [5, 5.41) is 0. The zero-order valence-electron chi connectivity index (χ0n) is 12.2. The van der Waals surface area contributed by atoms with E-state index in [1.165, 1.54) is 51.4 Å². The van der Waals surface area contributed by atoms with E-state index in [1.807, 2.05) is 0 Å². The van der Waals surface area contributed by atoms with Gasteiger partial charge in [-0.25, -0.2) is 0 Å². The van der Waals surface area contributed by atoms with Crippen LogP contribution in [0, 0.1) is 0 Å². The Hall–Kier alpha value is -0.820. The lowest BCUT2D eigenvalue weighted by Gasteiger charge is -2.36. The van der Waals surface area contributed by atoms with Crippen molar-refractivity contribution in [3.63, 3.8) is 0 Å². The molecule has 0 heterocycles. The van der Waals surface area contributed by atoms with Crippen molar-refractivity contribution in [3.05, 3.63) is 35.4 Å². The third-order valence-electron chi connectivity index (χ3n) is 5.66. The van der Waals surface area contributed by atoms with Crippen molar-refractivity contribution in [3.8, 4) is 0 Å². The van der Waals surface area contributed by atoms with Gasteiger partial charge in [0.25, 0.3) is 0 Å². The summed E-state index contributed by atoms with van der Waals surface area (Å²) >= 11 is 0. The molecule has 0 amide bonds. The number of nitrogens with two attached hydrogens (primary N) is 1. The average molecular weight is 257 g/mol. The second-order valence-corrected chi connectivity index (χ2v) is 6.72. The maximum Gasteiger partial charge on any atom is 0.0108 e. The number of hydrogen-bond donors (Lipinski definition) is 1. The zero-order chi connectivity index (χ0) is 13.3. The van der Waals surface area contributed by atoms with Crippen LogP contribution in [-0.4, -0.2) is 6.04 Å². The molecule has 2 fully saturated rings. The summed E-state index contributed by atoms with van der Waals surface area (Å²) in [4.78, 5) is 0. The largest absolute Gasteiger partial charge is 0.327 e. The summed E-state index contributed by atoms with van der Waals surface area (Å²) in [7, 11) is 0. The van der Waals surface area contributed by atoms with Crippen LogP contribution >= 0.6 is 0 Å². The molecule has 2 aliphatic carbocycles. The molecule has 1 atom stereocenters. The SMILES string of the molecule is CC(N)C1(c2ccccc2C2CCCC2)CCCC1. The fourth-order valence-corrected chi connectivity index (χ4v) is 4.52. The Labute approximate surface area is 117 Å². The van der Waals surface area contributed by atoms with Crippen LogP contribution in [0.2, 0.25) is 0 Å². The van der Waals surface area contributed by atoms with Crippen LogP contribution in [0.4, 0.5) is 0 Å². The number of hydrogen-bond acceptors (Lipinski definition) is 1. The van der Waals surface area contributed by atoms with E-state index in [0.29, 0.717) is 0 Å². The molecule has 19 heavy (non-hydrogen) atoms. The van der Waals surface area contributed by atoms with E-state index in [1.54, 1.807) is 11.1 Å². The second kappa shape index (κ2) is 5.28. The van der Waals surface area contributed by atoms with Gasteiger partial charge in [0.2, 0.25) is 0 Å². The Morgan fingerprint density at radius 2 is 1.68 bits per heavy atom. The third kappa shape index (κ3) is 2.23. The molecule has 1 nitrogen and oxygen atoms in total. The van der Waals surface area contributed by atoms with Gasteiger partial charge in [-0.3, -0.25) is 0 Å². The molecule has 0 saturated heterocycles. The van der Waals surface area contributed by atoms with Crippen molar-refractivity contribution >= 4 is 0 Å². The molecule has 0 spiro atoms. The molecule has 0 radical (unpaired) electrons. The molecule has 1 heteroatoms. The van der Waals surface area contributed by atoms with Gasteiger partial charge in [-0.15, -0.1) is 0 Å². The molecule has 0 bridgehead atoms. The van der Waals surface area contributed by atoms with Gasteiger partial charge in [0.15, 0.2) is 0 Å². The Bertz CT molecular complexity index is 423. The van der Waals surface area contributed by atoms with E-state index < -0.39 is 0 Å². The first-order chi connectivity index (χ1) is 9.24. The van der Waals surface area contributed by atoms with Crippen molar-refractivity contribution in [2.45, 2.75) is 75.7 Å². The van der Waals surface area contributed by atoms with E-state index in [0.717, 1.165) is 5.92 Å². The van der Waals surface area contributed by atoms with Gasteiger partial charge < -0.3 is 5.73 Å². The summed E-state index contributed by atoms with van der Waals surface area (Å²) < 4.78 is 0. The summed E-state index contributed by atoms with van der Waals surface area (Å²) in [6.45, 7) is 2.22. The highest BCUT2D eigenvalue weighted by Crippen LogP contribution is 2.47. The first kappa shape index (κ1) is 13.2. The van der Waals surface area contributed by atoms with Gasteiger partial charge in [0.05, 0.1) is 0 Å². The van der Waals surface area contributed by atoms with Crippen molar-refractivity contribution < 1.29 is 0 Å². The summed E-state index contributed by atoms with van der Waals surface area (Å²) in [6.07, 6.45) is 10.8. The smallest absolute Gasteiger partial charge is 0.0108 e. The number of benzene rings is 1. The lowest BCUT2D eigenvalue weighted by atomic mass is 9.70. The third-order valence-corrected chi connectivity index (χ3v) is 5.66. The molecule has 1 aromatic rings. The van der Waals surface area contributed by atoms with Gasteiger partial charge >= 0.3 is 0 Å². The molecule has 1 unspecified atom stereocenters. The molecular formula is C18H27N. The normalized spacial score (nSPS) is 24.7. The minimum atomic E-state index is 0.263. The molecule has 2 saturated carbocycles. The molecule has 3 rings (SSSR count). The highest BCUT2D eigenvalue weighted by atomic mass is 14.7. The fourth-order valence-electron chi connectivity index (χ4n) is 4.52. The summed E-state index contributed by atoms with van der Waals surface area (Å²) in [5.41, 5.74) is 9.91. The van der Waals surface area contributed by atoms with E-state index in [9.17, 15) is 0 Å². The first-order valence-corrected chi connectivity index (χ1v) is 8.09. The molecule has 2 aliphatic rings. The Balaban J connectivity index is 2.03. The highest BCUT2D eigenvalue weighted by Gasteiger charge is 2.41. The van der Waals surface area contributed by atoms with Crippen LogP contribution in [0.1, 0.15) is 75.3 Å². The first-order valence-electron chi connectivity index (χ1n) is 8.09. The van der Waals surface area contributed by atoms with Crippen molar-refractivity contribution in [2.24, 2.45) is 5.73 Å². The zero-order valence-corrected chi connectivity index (χ0v) is 12.2. The van der Waals surface area contributed by atoms with Crippen LogP contribution in [0.25, 0.3) is 0 Å². The standard InChI is InChI=1S/C18H27N/c1-14(19)18(12-6-7-13-18)17-11-5-4-10-16(17)15-8-2-3-9-15/h4-5,10-11,14-15H,2-3,6-9,12-13,19H2,1H3. The molecule has 1 aromatic carbocycles. The van der Waals surface area contributed by atoms with Crippen LogP contribution in [0.15, 0.2) is 24.3 Å². The fraction of sp³-hybridized carbons (Fsp3) is 0.667. The minimum Gasteiger partial charge on any atom is -0.327 e. The van der Waals surface area contributed by atoms with Crippen molar-refractivity contribution in [1.82, 2.24) is 0 Å². The van der Waals surface area contributed by atoms with E-state index in [4.69, 9.17) is 5.73 Å². The molecular weight excluding hydrogens is 230 g/mol. The average Bonchev–Trinajstić information content (AvgIpc) is 3.11. The highest BCUT2D eigenvalue weighted by molar-refractivity contribution is 5.39. The van der Waals surface area contributed by atoms with Crippen molar-refractivity contribution in [1.29, 1.82) is 0 Å². The Kier molecular flexibility index (Phi) is 3.66. The van der Waals surface area contributed by atoms with Gasteiger partial charge in [0, 0.05) is 11.5 Å². The monoisotopic (exact) mass is 257 g/mol. The van der Waals surface area contributed by atoms with E-state index in [2.05, 4.69) is 31.2 Å². The van der Waals surface area contributed by atoms with Gasteiger partial charge in [-0.05, 0) is 49.7 Å². The Morgan fingerprint density at radius 1 is 1.05 bits per heavy atom. The van der Waals surface area contributed by atoms with Crippen LogP contribution < -0.4 is 5.73 Å². The molecule has 104 valence electrons. The molecule has 2 N–H and O–H groups in total. The predicted molar refractivity (Wildman–Crippen MR) is 81.4 cm³/mol. The number of rotatable bonds is 3. The Morgan fingerprint density at radius 3 is 2.32 bits per heavy atom. The predicted octanol–water partition coefficient (Wildman–Crippen LogP) is 4.50. The minimum absolute atomic E-state index is 0.263. The van der Waals surface area contributed by atoms with Gasteiger partial charge in [-0.2, -0.15) is 0 Å². The van der Waals surface area contributed by atoms with Gasteiger partial charge in [-0.1, -0.05) is 49.9 Å². The van der Waals surface area contributed by atoms with E-state index >= 15 is 0 Å². The maximum absolute atomic E-state index is 6.43. The van der Waals surface area contributed by atoms with Crippen molar-refractivity contribution in [2.75, 3.05) is 0 Å². The van der Waals surface area contributed by atoms with Crippen LogP contribution in [0.5, 0.6) is 0 Å². The molecule has 0 aromatic heterocycles. The lowest BCUT2D eigenvalue weighted by molar-refractivity contribution is 0.363. The maximum atomic E-state index is 6.43.